The maximum atomic E-state index is 13.3. The van der Waals surface area contributed by atoms with E-state index in [1.54, 1.807) is 12.1 Å². The van der Waals surface area contributed by atoms with E-state index in [1.165, 1.54) is 12.1 Å². The molecule has 0 aliphatic carbocycles. The molecule has 2 saturated heterocycles. The molecular weight excluding hydrogens is 500 g/mol. The van der Waals surface area contributed by atoms with Crippen molar-refractivity contribution in [2.45, 2.75) is 55.8 Å². The number of carbonyl (C=O) groups is 1. The van der Waals surface area contributed by atoms with Gasteiger partial charge < -0.3 is 14.7 Å². The molecule has 3 aromatic carbocycles. The lowest BCUT2D eigenvalue weighted by molar-refractivity contribution is -0.141. The van der Waals surface area contributed by atoms with Crippen LogP contribution in [-0.2, 0) is 19.6 Å². The van der Waals surface area contributed by atoms with Gasteiger partial charge in [0.2, 0.25) is 10.0 Å². The van der Waals surface area contributed by atoms with Crippen molar-refractivity contribution in [1.82, 2.24) is 9.62 Å². The third kappa shape index (κ3) is 5.78. The highest BCUT2D eigenvalue weighted by Crippen LogP contribution is 2.44. The molecule has 0 bridgehead atoms. The summed E-state index contributed by atoms with van der Waals surface area (Å²) in [4.78, 5) is 15.0. The van der Waals surface area contributed by atoms with Crippen LogP contribution < -0.4 is 4.72 Å². The van der Waals surface area contributed by atoms with Gasteiger partial charge in [0.15, 0.2) is 0 Å². The van der Waals surface area contributed by atoms with Crippen molar-refractivity contribution < 1.29 is 23.1 Å². The molecule has 0 saturated carbocycles. The van der Waals surface area contributed by atoms with Crippen LogP contribution in [-0.4, -0.2) is 56.7 Å². The quantitative estimate of drug-likeness (QED) is 0.431. The number of nitrogens with one attached hydrogen (secondary N) is 1. The van der Waals surface area contributed by atoms with Gasteiger partial charge in [-0.25, -0.2) is 8.42 Å². The molecule has 202 valence electrons. The van der Waals surface area contributed by atoms with Crippen LogP contribution in [0.5, 0.6) is 0 Å². The summed E-state index contributed by atoms with van der Waals surface area (Å²) >= 11 is 0. The second kappa shape index (κ2) is 11.1. The Balaban J connectivity index is 1.47. The molecule has 5 rings (SSSR count). The fourth-order valence-electron chi connectivity index (χ4n) is 6.15. The molecule has 38 heavy (non-hydrogen) atoms. The minimum atomic E-state index is -4.04. The van der Waals surface area contributed by atoms with Gasteiger partial charge in [0.25, 0.3) is 0 Å². The van der Waals surface area contributed by atoms with Crippen molar-refractivity contribution in [3.8, 4) is 0 Å². The molecule has 8 heteroatoms. The molecule has 0 amide bonds. The van der Waals surface area contributed by atoms with Gasteiger partial charge in [-0.3, -0.25) is 4.79 Å². The van der Waals surface area contributed by atoms with E-state index in [1.807, 2.05) is 31.2 Å². The lowest BCUT2D eigenvalue weighted by atomic mass is 9.83. The largest absolute Gasteiger partial charge is 0.480 e. The Bertz CT molecular complexity index is 1390. The third-order valence-corrected chi connectivity index (χ3v) is 9.53. The Morgan fingerprint density at radius 1 is 1.11 bits per heavy atom. The highest BCUT2D eigenvalue weighted by molar-refractivity contribution is 7.89. The zero-order chi connectivity index (χ0) is 26.9. The van der Waals surface area contributed by atoms with Gasteiger partial charge in [-0.2, -0.15) is 4.72 Å². The monoisotopic (exact) mass is 536 g/mol. The summed E-state index contributed by atoms with van der Waals surface area (Å²) in [6, 6.07) is 19.3. The summed E-state index contributed by atoms with van der Waals surface area (Å²) in [5.41, 5.74) is 1.94. The number of aliphatic carboxylic acids is 1. The van der Waals surface area contributed by atoms with E-state index in [-0.39, 0.29) is 17.1 Å². The summed E-state index contributed by atoms with van der Waals surface area (Å²) < 4.78 is 35.7. The number of ether oxygens (including phenoxy) is 1. The second-order valence-electron chi connectivity index (χ2n) is 10.9. The predicted molar refractivity (Wildman–Crippen MR) is 147 cm³/mol. The molecule has 2 heterocycles. The number of rotatable bonds is 8. The fraction of sp³-hybridized carbons (Fsp3) is 0.433. The lowest BCUT2D eigenvalue weighted by Crippen LogP contribution is -2.49. The fourth-order valence-corrected chi connectivity index (χ4v) is 7.39. The zero-order valence-corrected chi connectivity index (χ0v) is 22.7. The van der Waals surface area contributed by atoms with Gasteiger partial charge in [-0.15, -0.1) is 0 Å². The van der Waals surface area contributed by atoms with E-state index in [2.05, 4.69) is 34.9 Å². The molecule has 0 radical (unpaired) electrons. The normalized spacial score (nSPS) is 25.4. The Morgan fingerprint density at radius 2 is 1.84 bits per heavy atom. The van der Waals surface area contributed by atoms with Crippen LogP contribution in [0.3, 0.4) is 0 Å². The van der Waals surface area contributed by atoms with E-state index in [4.69, 9.17) is 4.74 Å². The number of fused-ring (bicyclic) bond motifs is 1. The number of carboxylic acids is 1. The van der Waals surface area contributed by atoms with Gasteiger partial charge in [-0.05, 0) is 80.6 Å². The first-order valence-corrected chi connectivity index (χ1v) is 14.8. The standard InChI is InChI=1S/C30H36N2O5S/c1-20-12-14-23(15-13-20)38(35,36)31-29(30(33)34)26-18-28(25-11-5-9-22-8-3-4-10-24(22)25)37-27(26)17-21-7-6-16-32(2)19-21/h3-5,8-15,21,26-29,31H,6-7,16-19H2,1-2H3,(H,33,34)/t21?,26?,27-,28-,29+/m1/s1. The van der Waals surface area contributed by atoms with Gasteiger partial charge in [0.1, 0.15) is 6.04 Å². The number of aryl methyl sites for hydroxylation is 1. The van der Waals surface area contributed by atoms with Crippen molar-refractivity contribution in [1.29, 1.82) is 0 Å². The molecular formula is C30H36N2O5S. The topological polar surface area (TPSA) is 95.9 Å². The highest BCUT2D eigenvalue weighted by atomic mass is 32.2. The number of nitrogens with zero attached hydrogens (tertiary/aromatic N) is 1. The molecule has 5 atom stereocenters. The number of sulfonamides is 1. The average Bonchev–Trinajstić information content (AvgIpc) is 3.30. The van der Waals surface area contributed by atoms with Gasteiger partial charge >= 0.3 is 5.97 Å². The molecule has 2 aliphatic rings. The predicted octanol–water partition coefficient (Wildman–Crippen LogP) is 4.76. The lowest BCUT2D eigenvalue weighted by Gasteiger charge is -2.33. The molecule has 7 nitrogen and oxygen atoms in total. The van der Waals surface area contributed by atoms with Crippen molar-refractivity contribution in [2.24, 2.45) is 11.8 Å². The van der Waals surface area contributed by atoms with Crippen molar-refractivity contribution in [3.05, 3.63) is 77.9 Å². The van der Waals surface area contributed by atoms with Crippen LogP contribution in [0.2, 0.25) is 0 Å². The SMILES string of the molecule is Cc1ccc(S(=O)(=O)N[C@H](C(=O)O)C2C[C@H](c3cccc4ccccc34)O[C@@H]2CC2CCCN(C)C2)cc1. The maximum absolute atomic E-state index is 13.3. The summed E-state index contributed by atoms with van der Waals surface area (Å²) in [7, 11) is -1.93. The maximum Gasteiger partial charge on any atom is 0.322 e. The van der Waals surface area contributed by atoms with Crippen molar-refractivity contribution in [3.63, 3.8) is 0 Å². The third-order valence-electron chi connectivity index (χ3n) is 8.07. The van der Waals surface area contributed by atoms with Gasteiger partial charge in [-0.1, -0.05) is 60.2 Å². The first-order chi connectivity index (χ1) is 18.2. The average molecular weight is 537 g/mol. The Labute approximate surface area is 224 Å². The molecule has 0 aromatic heterocycles. The van der Waals surface area contributed by atoms with Crippen LogP contribution in [0.1, 0.15) is 42.9 Å². The molecule has 3 aromatic rings. The van der Waals surface area contributed by atoms with E-state index < -0.39 is 28.0 Å². The number of likely N-dealkylation sites (tertiary alicyclic amines) is 1. The molecule has 2 unspecified atom stereocenters. The van der Waals surface area contributed by atoms with Crippen LogP contribution in [0.4, 0.5) is 0 Å². The van der Waals surface area contributed by atoms with Gasteiger partial charge in [0.05, 0.1) is 17.1 Å². The number of piperidine rings is 1. The molecule has 2 N–H and O–H groups in total. The van der Waals surface area contributed by atoms with Crippen LogP contribution >= 0.6 is 0 Å². The van der Waals surface area contributed by atoms with E-state index in [9.17, 15) is 18.3 Å². The van der Waals surface area contributed by atoms with Crippen LogP contribution in [0.15, 0.2) is 71.6 Å². The minimum Gasteiger partial charge on any atom is -0.480 e. The molecule has 2 aliphatic heterocycles. The van der Waals surface area contributed by atoms with Gasteiger partial charge in [0, 0.05) is 12.5 Å². The molecule has 0 spiro atoms. The Morgan fingerprint density at radius 3 is 2.58 bits per heavy atom. The van der Waals surface area contributed by atoms with Crippen molar-refractivity contribution >= 4 is 26.8 Å². The summed E-state index contributed by atoms with van der Waals surface area (Å²) in [6.45, 7) is 3.86. The number of hydrogen-bond acceptors (Lipinski definition) is 5. The number of benzene rings is 3. The number of carboxylic acid groups (broad SMARTS) is 1. The number of hydrogen-bond donors (Lipinski definition) is 2. The van der Waals surface area contributed by atoms with E-state index in [0.717, 1.165) is 47.8 Å². The second-order valence-corrected chi connectivity index (χ2v) is 12.6. The first kappa shape index (κ1) is 26.8. The van der Waals surface area contributed by atoms with Crippen molar-refractivity contribution in [2.75, 3.05) is 20.1 Å². The summed E-state index contributed by atoms with van der Waals surface area (Å²) in [6.07, 6.45) is 2.58. The van der Waals surface area contributed by atoms with E-state index >= 15 is 0 Å². The summed E-state index contributed by atoms with van der Waals surface area (Å²) in [5, 5.41) is 12.5. The highest BCUT2D eigenvalue weighted by Gasteiger charge is 2.46. The Hall–Kier alpha value is -2.78. The minimum absolute atomic E-state index is 0.0596. The smallest absolute Gasteiger partial charge is 0.322 e. The Kier molecular flexibility index (Phi) is 7.86. The van der Waals surface area contributed by atoms with E-state index in [0.29, 0.717) is 18.8 Å². The molecule has 2 fully saturated rings. The van der Waals surface area contributed by atoms with Crippen LogP contribution in [0.25, 0.3) is 10.8 Å². The zero-order valence-electron chi connectivity index (χ0n) is 21.9. The van der Waals surface area contributed by atoms with Crippen LogP contribution in [0, 0.1) is 18.8 Å². The summed E-state index contributed by atoms with van der Waals surface area (Å²) in [5.74, 6) is -1.32. The first-order valence-electron chi connectivity index (χ1n) is 13.3.